The van der Waals surface area contributed by atoms with Crippen LogP contribution >= 0.6 is 0 Å². The summed E-state index contributed by atoms with van der Waals surface area (Å²) in [6, 6.07) is 10.5. The fraction of sp³-hybridized carbons (Fsp3) is 0.500. The fourth-order valence-electron chi connectivity index (χ4n) is 3.64. The van der Waals surface area contributed by atoms with E-state index in [1.807, 2.05) is 0 Å². The summed E-state index contributed by atoms with van der Waals surface area (Å²) in [5.74, 6) is 0.725. The summed E-state index contributed by atoms with van der Waals surface area (Å²) in [6.07, 6.45) is 3.38. The molecule has 0 bridgehead atoms. The summed E-state index contributed by atoms with van der Waals surface area (Å²) in [7, 11) is 0. The van der Waals surface area contributed by atoms with E-state index in [4.69, 9.17) is 4.74 Å². The van der Waals surface area contributed by atoms with Gasteiger partial charge in [0.2, 0.25) is 0 Å². The van der Waals surface area contributed by atoms with E-state index in [1.54, 1.807) is 0 Å². The van der Waals surface area contributed by atoms with Crippen LogP contribution in [-0.4, -0.2) is 47.9 Å². The molecule has 1 N–H and O–H groups in total. The highest BCUT2D eigenvalue weighted by molar-refractivity contribution is 5.64. The molecule has 4 nitrogen and oxygen atoms in total. The number of nitrogens with zero attached hydrogens (tertiary/aromatic N) is 2. The summed E-state index contributed by atoms with van der Waals surface area (Å²) in [5.41, 5.74) is 5.10. The monoisotopic (exact) mass is 297 g/mol. The summed E-state index contributed by atoms with van der Waals surface area (Å²) in [4.78, 5) is 2.60. The van der Waals surface area contributed by atoms with Crippen molar-refractivity contribution in [3.05, 3.63) is 41.6 Å². The van der Waals surface area contributed by atoms with E-state index in [9.17, 15) is 0 Å². The highest BCUT2D eigenvalue weighted by atomic mass is 16.5. The first-order chi connectivity index (χ1) is 10.9. The molecule has 2 aromatic rings. The van der Waals surface area contributed by atoms with Crippen molar-refractivity contribution in [3.63, 3.8) is 0 Å². The molecule has 0 spiro atoms. The molecule has 4 heteroatoms. The van der Waals surface area contributed by atoms with Crippen LogP contribution in [0.3, 0.4) is 0 Å². The average molecular weight is 297 g/mol. The van der Waals surface area contributed by atoms with Gasteiger partial charge in [-0.15, -0.1) is 0 Å². The first-order valence-electron chi connectivity index (χ1n) is 8.32. The van der Waals surface area contributed by atoms with Crippen molar-refractivity contribution >= 4 is 0 Å². The van der Waals surface area contributed by atoms with Gasteiger partial charge in [0.1, 0.15) is 0 Å². The van der Waals surface area contributed by atoms with Gasteiger partial charge in [-0.2, -0.15) is 5.10 Å². The molecule has 0 amide bonds. The molecule has 116 valence electrons. The van der Waals surface area contributed by atoms with E-state index in [-0.39, 0.29) is 0 Å². The van der Waals surface area contributed by atoms with Gasteiger partial charge in [-0.3, -0.25) is 5.10 Å². The van der Waals surface area contributed by atoms with Crippen molar-refractivity contribution in [1.82, 2.24) is 15.1 Å². The Morgan fingerprint density at radius 3 is 2.86 bits per heavy atom. The predicted octanol–water partition coefficient (Wildman–Crippen LogP) is 2.51. The molecule has 22 heavy (non-hydrogen) atoms. The molecule has 1 atom stereocenters. The topological polar surface area (TPSA) is 41.2 Å². The number of benzene rings is 1. The molecule has 1 saturated heterocycles. The molecule has 2 aliphatic heterocycles. The van der Waals surface area contributed by atoms with Gasteiger partial charge in [0.05, 0.1) is 12.3 Å². The Labute approximate surface area is 131 Å². The van der Waals surface area contributed by atoms with E-state index < -0.39 is 0 Å². The molecule has 1 aromatic heterocycles. The Morgan fingerprint density at radius 2 is 2.05 bits per heavy atom. The van der Waals surface area contributed by atoms with E-state index in [2.05, 4.69) is 45.4 Å². The van der Waals surface area contributed by atoms with Crippen LogP contribution in [0.4, 0.5) is 0 Å². The minimum Gasteiger partial charge on any atom is -0.381 e. The van der Waals surface area contributed by atoms with Gasteiger partial charge in [0.15, 0.2) is 0 Å². The summed E-state index contributed by atoms with van der Waals surface area (Å²) in [6.45, 7) is 5.32. The maximum Gasteiger partial charge on any atom is 0.0955 e. The van der Waals surface area contributed by atoms with E-state index in [1.165, 1.54) is 29.8 Å². The highest BCUT2D eigenvalue weighted by Crippen LogP contribution is 2.27. The average Bonchev–Trinajstić information content (AvgIpc) is 3.16. The van der Waals surface area contributed by atoms with Crippen molar-refractivity contribution in [2.75, 3.05) is 32.8 Å². The molecule has 3 heterocycles. The van der Waals surface area contributed by atoms with Crippen LogP contribution < -0.4 is 0 Å². The number of ether oxygens (including phenoxy) is 1. The maximum atomic E-state index is 5.51. The minimum absolute atomic E-state index is 0.725. The van der Waals surface area contributed by atoms with Crippen LogP contribution in [0, 0.1) is 5.92 Å². The van der Waals surface area contributed by atoms with Crippen molar-refractivity contribution in [1.29, 1.82) is 0 Å². The Hall–Kier alpha value is -1.65. The minimum atomic E-state index is 0.725. The van der Waals surface area contributed by atoms with Gasteiger partial charge in [0.25, 0.3) is 0 Å². The molecule has 4 rings (SSSR count). The lowest BCUT2D eigenvalue weighted by molar-refractivity contribution is 0.168. The first-order valence-corrected chi connectivity index (χ1v) is 8.32. The summed E-state index contributed by atoms with van der Waals surface area (Å²) in [5, 5.41) is 7.85. The number of rotatable bonds is 3. The molecule has 1 aromatic carbocycles. The molecule has 0 saturated carbocycles. The maximum absolute atomic E-state index is 5.51. The third-order valence-electron chi connectivity index (χ3n) is 4.90. The third-order valence-corrected chi connectivity index (χ3v) is 4.90. The Balaban J connectivity index is 1.49. The van der Waals surface area contributed by atoms with Crippen LogP contribution in [-0.2, 0) is 17.6 Å². The molecule has 0 aliphatic carbocycles. The van der Waals surface area contributed by atoms with Crippen LogP contribution in [0.5, 0.6) is 0 Å². The van der Waals surface area contributed by atoms with Crippen molar-refractivity contribution in [2.24, 2.45) is 5.92 Å². The van der Waals surface area contributed by atoms with Gasteiger partial charge in [0, 0.05) is 49.5 Å². The standard InChI is InChI=1S/C18H23N3O/c1-2-4-15(5-3-1)18-16-6-9-21(10-7-17(16)19-20-18)12-14-8-11-22-13-14/h1-5,14H,6-13H2,(H,19,20). The molecule has 0 radical (unpaired) electrons. The number of hydrogen-bond acceptors (Lipinski definition) is 3. The first kappa shape index (κ1) is 14.0. The van der Waals surface area contributed by atoms with Crippen LogP contribution in [0.15, 0.2) is 30.3 Å². The quantitative estimate of drug-likeness (QED) is 0.946. The van der Waals surface area contributed by atoms with E-state index in [0.29, 0.717) is 0 Å². The Bertz CT molecular complexity index is 617. The van der Waals surface area contributed by atoms with Crippen molar-refractivity contribution in [2.45, 2.75) is 19.3 Å². The number of fused-ring (bicyclic) bond motifs is 1. The van der Waals surface area contributed by atoms with Gasteiger partial charge < -0.3 is 9.64 Å². The summed E-state index contributed by atoms with van der Waals surface area (Å²) >= 11 is 0. The van der Waals surface area contributed by atoms with Gasteiger partial charge in [-0.25, -0.2) is 0 Å². The number of aromatic amines is 1. The lowest BCUT2D eigenvalue weighted by Crippen LogP contribution is -2.32. The SMILES string of the molecule is c1ccc(-c2n[nH]c3c2CCN(CC2CCOC2)CC3)cc1. The smallest absolute Gasteiger partial charge is 0.0955 e. The number of aromatic nitrogens is 2. The van der Waals surface area contributed by atoms with Crippen molar-refractivity contribution < 1.29 is 4.74 Å². The molecule has 2 aliphatic rings. The van der Waals surface area contributed by atoms with Gasteiger partial charge in [-0.1, -0.05) is 30.3 Å². The predicted molar refractivity (Wildman–Crippen MR) is 86.8 cm³/mol. The fourth-order valence-corrected chi connectivity index (χ4v) is 3.64. The van der Waals surface area contributed by atoms with E-state index in [0.717, 1.165) is 50.8 Å². The van der Waals surface area contributed by atoms with Crippen LogP contribution in [0.1, 0.15) is 17.7 Å². The second-order valence-corrected chi connectivity index (χ2v) is 6.43. The molecule has 1 fully saturated rings. The Morgan fingerprint density at radius 1 is 1.18 bits per heavy atom. The zero-order valence-corrected chi connectivity index (χ0v) is 12.9. The normalized spacial score (nSPS) is 22.5. The number of nitrogens with one attached hydrogen (secondary N) is 1. The third kappa shape index (κ3) is 2.81. The lowest BCUT2D eigenvalue weighted by atomic mass is 10.0. The second-order valence-electron chi connectivity index (χ2n) is 6.43. The van der Waals surface area contributed by atoms with Crippen LogP contribution in [0.2, 0.25) is 0 Å². The zero-order valence-electron chi connectivity index (χ0n) is 12.9. The largest absolute Gasteiger partial charge is 0.381 e. The lowest BCUT2D eigenvalue weighted by Gasteiger charge is -2.22. The molecule has 1 unspecified atom stereocenters. The number of hydrogen-bond donors (Lipinski definition) is 1. The molecular weight excluding hydrogens is 274 g/mol. The highest BCUT2D eigenvalue weighted by Gasteiger charge is 2.23. The van der Waals surface area contributed by atoms with Gasteiger partial charge in [-0.05, 0) is 18.8 Å². The second kappa shape index (κ2) is 6.23. The Kier molecular flexibility index (Phi) is 3.95. The van der Waals surface area contributed by atoms with Gasteiger partial charge >= 0.3 is 0 Å². The number of H-pyrrole nitrogens is 1. The van der Waals surface area contributed by atoms with Crippen molar-refractivity contribution in [3.8, 4) is 11.3 Å². The molecular formula is C18H23N3O. The van der Waals surface area contributed by atoms with Crippen LogP contribution in [0.25, 0.3) is 11.3 Å². The zero-order chi connectivity index (χ0) is 14.8. The van der Waals surface area contributed by atoms with E-state index >= 15 is 0 Å². The summed E-state index contributed by atoms with van der Waals surface area (Å²) < 4.78 is 5.51.